The van der Waals surface area contributed by atoms with Gasteiger partial charge in [0.2, 0.25) is 5.88 Å². The van der Waals surface area contributed by atoms with Gasteiger partial charge in [-0.25, -0.2) is 9.80 Å². The molecular weight excluding hydrogens is 276 g/mol. The summed E-state index contributed by atoms with van der Waals surface area (Å²) in [4.78, 5) is 11.4. The van der Waals surface area contributed by atoms with Crippen molar-refractivity contribution in [1.29, 1.82) is 0 Å². The second-order valence-electron chi connectivity index (χ2n) is 5.04. The number of hydrogen-bond acceptors (Lipinski definition) is 4. The average Bonchev–Trinajstić information content (AvgIpc) is 2.66. The molecule has 2 aromatic rings. The van der Waals surface area contributed by atoms with Crippen LogP contribution in [0, 0.1) is 6.92 Å². The fourth-order valence-electron chi connectivity index (χ4n) is 2.61. The van der Waals surface area contributed by atoms with Gasteiger partial charge in [-0.05, 0) is 37.1 Å². The average molecular weight is 291 g/mol. The van der Waals surface area contributed by atoms with Gasteiger partial charge in [-0.15, -0.1) is 0 Å². The Hall–Kier alpha value is -1.78. The van der Waals surface area contributed by atoms with Gasteiger partial charge in [0.05, 0.1) is 6.04 Å². The standard InChI is InChI=1S/C15H15ClN2O2/c1-9-6-13(19)20-15-14(9)10(2)18(17-15)8-11-4-3-5-12(16)7-11/h3-7,10,17H,8H2,1-2H3. The number of hydrazine groups is 1. The zero-order valence-corrected chi connectivity index (χ0v) is 12.1. The first-order valence-electron chi connectivity index (χ1n) is 6.47. The number of nitrogens with zero attached hydrogens (tertiary/aromatic N) is 1. The third-order valence-corrected chi connectivity index (χ3v) is 3.81. The van der Waals surface area contributed by atoms with Crippen LogP contribution in [-0.4, -0.2) is 5.01 Å². The molecule has 0 amide bonds. The molecule has 0 saturated carbocycles. The number of rotatable bonds is 2. The second kappa shape index (κ2) is 4.96. The van der Waals surface area contributed by atoms with E-state index in [0.717, 1.165) is 21.7 Å². The summed E-state index contributed by atoms with van der Waals surface area (Å²) < 4.78 is 5.23. The molecule has 5 heteroatoms. The first-order valence-corrected chi connectivity index (χ1v) is 6.85. The molecule has 1 unspecified atom stereocenters. The number of hydrogen-bond donors (Lipinski definition) is 1. The molecular formula is C15H15ClN2O2. The van der Waals surface area contributed by atoms with E-state index in [1.54, 1.807) is 0 Å². The van der Waals surface area contributed by atoms with Crippen molar-refractivity contribution >= 4 is 17.5 Å². The number of fused-ring (bicyclic) bond motifs is 1. The summed E-state index contributed by atoms with van der Waals surface area (Å²) in [5, 5.41) is 2.75. The fourth-order valence-corrected chi connectivity index (χ4v) is 2.83. The van der Waals surface area contributed by atoms with E-state index in [4.69, 9.17) is 16.0 Å². The maximum atomic E-state index is 11.4. The summed E-state index contributed by atoms with van der Waals surface area (Å²) >= 11 is 6.00. The zero-order chi connectivity index (χ0) is 14.3. The van der Waals surface area contributed by atoms with E-state index in [0.29, 0.717) is 12.4 Å². The quantitative estimate of drug-likeness (QED) is 0.919. The SMILES string of the molecule is Cc1cc(=O)oc2c1C(C)N(Cc1cccc(Cl)c1)N2. The van der Waals surface area contributed by atoms with Crippen molar-refractivity contribution < 1.29 is 4.42 Å². The molecule has 1 N–H and O–H groups in total. The van der Waals surface area contributed by atoms with Crippen LogP contribution in [0.3, 0.4) is 0 Å². The second-order valence-corrected chi connectivity index (χ2v) is 5.47. The topological polar surface area (TPSA) is 45.5 Å². The summed E-state index contributed by atoms with van der Waals surface area (Å²) in [6.07, 6.45) is 0. The molecule has 1 aromatic carbocycles. The Kier molecular flexibility index (Phi) is 3.28. The number of nitrogens with one attached hydrogen (secondary N) is 1. The Morgan fingerprint density at radius 1 is 1.40 bits per heavy atom. The van der Waals surface area contributed by atoms with E-state index in [9.17, 15) is 4.79 Å². The number of anilines is 1. The molecule has 0 aliphatic carbocycles. The van der Waals surface area contributed by atoms with E-state index in [2.05, 4.69) is 12.3 Å². The summed E-state index contributed by atoms with van der Waals surface area (Å²) in [6.45, 7) is 4.69. The van der Waals surface area contributed by atoms with Gasteiger partial charge in [-0.1, -0.05) is 23.7 Å². The van der Waals surface area contributed by atoms with Crippen molar-refractivity contribution in [3.05, 3.63) is 62.5 Å². The minimum absolute atomic E-state index is 0.133. The molecule has 2 heterocycles. The van der Waals surface area contributed by atoms with E-state index >= 15 is 0 Å². The van der Waals surface area contributed by atoms with Crippen LogP contribution in [0.25, 0.3) is 0 Å². The van der Waals surface area contributed by atoms with Crippen LogP contribution in [0.2, 0.25) is 5.02 Å². The number of aryl methyl sites for hydroxylation is 1. The van der Waals surface area contributed by atoms with Crippen LogP contribution in [0.5, 0.6) is 0 Å². The van der Waals surface area contributed by atoms with Crippen LogP contribution < -0.4 is 11.1 Å². The molecule has 0 radical (unpaired) electrons. The first kappa shape index (κ1) is 13.2. The molecule has 0 spiro atoms. The molecule has 1 atom stereocenters. The van der Waals surface area contributed by atoms with Gasteiger partial charge in [0.1, 0.15) is 0 Å². The first-order chi connectivity index (χ1) is 9.54. The van der Waals surface area contributed by atoms with E-state index in [-0.39, 0.29) is 11.7 Å². The number of benzene rings is 1. The van der Waals surface area contributed by atoms with Gasteiger partial charge >= 0.3 is 5.63 Å². The molecule has 0 bridgehead atoms. The van der Waals surface area contributed by atoms with E-state index in [1.165, 1.54) is 6.07 Å². The summed E-state index contributed by atoms with van der Waals surface area (Å²) in [6, 6.07) is 9.39. The highest BCUT2D eigenvalue weighted by Crippen LogP contribution is 2.36. The largest absolute Gasteiger partial charge is 0.405 e. The van der Waals surface area contributed by atoms with E-state index in [1.807, 2.05) is 36.2 Å². The highest BCUT2D eigenvalue weighted by molar-refractivity contribution is 6.30. The van der Waals surface area contributed by atoms with Crippen molar-refractivity contribution in [2.24, 2.45) is 0 Å². The van der Waals surface area contributed by atoms with Crippen LogP contribution in [0.4, 0.5) is 5.88 Å². The molecule has 20 heavy (non-hydrogen) atoms. The Balaban J connectivity index is 1.88. The van der Waals surface area contributed by atoms with Crippen molar-refractivity contribution in [3.8, 4) is 0 Å². The monoisotopic (exact) mass is 290 g/mol. The van der Waals surface area contributed by atoms with Crippen molar-refractivity contribution in [1.82, 2.24) is 5.01 Å². The maximum absolute atomic E-state index is 11.4. The predicted molar refractivity (Wildman–Crippen MR) is 78.7 cm³/mol. The maximum Gasteiger partial charge on any atom is 0.337 e. The fraction of sp³-hybridized carbons (Fsp3) is 0.267. The lowest BCUT2D eigenvalue weighted by molar-refractivity contribution is 0.267. The molecule has 104 valence electrons. The van der Waals surface area contributed by atoms with Crippen LogP contribution >= 0.6 is 11.6 Å². The van der Waals surface area contributed by atoms with Crippen molar-refractivity contribution in [2.75, 3.05) is 5.43 Å². The Morgan fingerprint density at radius 2 is 2.20 bits per heavy atom. The van der Waals surface area contributed by atoms with Crippen LogP contribution in [0.1, 0.15) is 29.7 Å². The molecule has 4 nitrogen and oxygen atoms in total. The highest BCUT2D eigenvalue weighted by atomic mass is 35.5. The minimum Gasteiger partial charge on any atom is -0.405 e. The van der Waals surface area contributed by atoms with Crippen LogP contribution in [-0.2, 0) is 6.54 Å². The number of halogens is 1. The van der Waals surface area contributed by atoms with Gasteiger partial charge in [-0.2, -0.15) is 0 Å². The Bertz CT molecular complexity index is 711. The summed E-state index contributed by atoms with van der Waals surface area (Å²) in [5.74, 6) is 0.546. The molecule has 1 aliphatic heterocycles. The lowest BCUT2D eigenvalue weighted by Gasteiger charge is -2.21. The van der Waals surface area contributed by atoms with Crippen molar-refractivity contribution in [2.45, 2.75) is 26.4 Å². The van der Waals surface area contributed by atoms with Gasteiger partial charge in [0, 0.05) is 23.2 Å². The third kappa shape index (κ3) is 2.32. The van der Waals surface area contributed by atoms with Crippen LogP contribution in [0.15, 0.2) is 39.5 Å². The van der Waals surface area contributed by atoms with Gasteiger partial charge in [0.25, 0.3) is 0 Å². The van der Waals surface area contributed by atoms with Crippen molar-refractivity contribution in [3.63, 3.8) is 0 Å². The normalized spacial score (nSPS) is 17.9. The van der Waals surface area contributed by atoms with E-state index < -0.39 is 0 Å². The predicted octanol–water partition coefficient (Wildman–Crippen LogP) is 3.51. The lowest BCUT2D eigenvalue weighted by atomic mass is 10.1. The lowest BCUT2D eigenvalue weighted by Crippen LogP contribution is -2.26. The third-order valence-electron chi connectivity index (χ3n) is 3.58. The Labute approximate surface area is 121 Å². The zero-order valence-electron chi connectivity index (χ0n) is 11.3. The molecule has 1 aromatic heterocycles. The van der Waals surface area contributed by atoms with Gasteiger partial charge in [-0.3, -0.25) is 5.43 Å². The molecule has 0 fully saturated rings. The molecule has 1 aliphatic rings. The summed E-state index contributed by atoms with van der Waals surface area (Å²) in [5.41, 5.74) is 5.91. The summed E-state index contributed by atoms with van der Waals surface area (Å²) in [7, 11) is 0. The minimum atomic E-state index is -0.328. The van der Waals surface area contributed by atoms with Gasteiger partial charge in [0.15, 0.2) is 0 Å². The Morgan fingerprint density at radius 3 is 2.95 bits per heavy atom. The highest BCUT2D eigenvalue weighted by Gasteiger charge is 2.30. The van der Waals surface area contributed by atoms with Gasteiger partial charge < -0.3 is 4.42 Å². The molecule has 3 rings (SSSR count). The molecule has 0 saturated heterocycles. The smallest absolute Gasteiger partial charge is 0.337 e.